The minimum absolute atomic E-state index is 0.0633. The molecule has 1 fully saturated rings. The number of aryl methyl sites for hydroxylation is 1. The molecule has 0 spiro atoms. The molecule has 1 heterocycles. The van der Waals surface area contributed by atoms with E-state index in [2.05, 4.69) is 0 Å². The van der Waals surface area contributed by atoms with Crippen LogP contribution in [0.4, 0.5) is 0 Å². The second-order valence-corrected chi connectivity index (χ2v) is 10.7. The Balaban J connectivity index is 1.56. The van der Waals surface area contributed by atoms with Crippen molar-refractivity contribution in [1.82, 2.24) is 9.21 Å². The molecule has 0 N–H and O–H groups in total. The van der Waals surface area contributed by atoms with Gasteiger partial charge < -0.3 is 4.90 Å². The SMILES string of the molecule is Cc1ccc(CN(C)C(=O)C2CCN(S(=O)(=O)Cc3ccc(Cl)cc3Cl)CC2)cc1. The molecule has 0 saturated carbocycles. The molecular weight excluding hydrogens is 443 g/mol. The second kappa shape index (κ2) is 9.69. The summed E-state index contributed by atoms with van der Waals surface area (Å²) >= 11 is 12.0. The minimum atomic E-state index is -3.51. The van der Waals surface area contributed by atoms with Crippen molar-refractivity contribution >= 4 is 39.1 Å². The van der Waals surface area contributed by atoms with Gasteiger partial charge in [0.25, 0.3) is 0 Å². The average molecular weight is 469 g/mol. The minimum Gasteiger partial charge on any atom is -0.341 e. The molecule has 0 aromatic heterocycles. The van der Waals surface area contributed by atoms with E-state index in [4.69, 9.17) is 23.2 Å². The molecule has 0 atom stereocenters. The topological polar surface area (TPSA) is 57.7 Å². The molecule has 162 valence electrons. The largest absolute Gasteiger partial charge is 0.341 e. The second-order valence-electron chi connectivity index (χ2n) is 7.85. The summed E-state index contributed by atoms with van der Waals surface area (Å²) in [6.07, 6.45) is 1.04. The van der Waals surface area contributed by atoms with Gasteiger partial charge in [0, 0.05) is 42.6 Å². The number of benzene rings is 2. The summed E-state index contributed by atoms with van der Waals surface area (Å²) < 4.78 is 27.1. The number of amides is 1. The summed E-state index contributed by atoms with van der Waals surface area (Å²) in [7, 11) is -1.71. The predicted octanol–water partition coefficient (Wildman–Crippen LogP) is 4.50. The summed E-state index contributed by atoms with van der Waals surface area (Å²) in [6.45, 7) is 3.25. The van der Waals surface area contributed by atoms with Crippen LogP contribution in [-0.4, -0.2) is 43.7 Å². The van der Waals surface area contributed by atoms with Crippen molar-refractivity contribution in [2.45, 2.75) is 32.1 Å². The molecule has 5 nitrogen and oxygen atoms in total. The number of carbonyl (C=O) groups is 1. The predicted molar refractivity (Wildman–Crippen MR) is 121 cm³/mol. The standard InChI is InChI=1S/C22H26Cl2N2O3S/c1-16-3-5-17(6-4-16)14-25(2)22(27)18-9-11-26(12-10-18)30(28,29)15-19-7-8-20(23)13-21(19)24/h3-8,13,18H,9-12,14-15H2,1-2H3. The number of hydrogen-bond donors (Lipinski definition) is 0. The van der Waals surface area contributed by atoms with Crippen LogP contribution in [0.2, 0.25) is 10.0 Å². The van der Waals surface area contributed by atoms with Crippen molar-refractivity contribution < 1.29 is 13.2 Å². The van der Waals surface area contributed by atoms with Crippen LogP contribution in [0.15, 0.2) is 42.5 Å². The summed E-state index contributed by atoms with van der Waals surface area (Å²) in [6, 6.07) is 12.9. The van der Waals surface area contributed by atoms with Gasteiger partial charge in [-0.1, -0.05) is 59.1 Å². The van der Waals surface area contributed by atoms with Crippen molar-refractivity contribution in [3.8, 4) is 0 Å². The van der Waals surface area contributed by atoms with Crippen LogP contribution >= 0.6 is 23.2 Å². The average Bonchev–Trinajstić information content (AvgIpc) is 2.71. The van der Waals surface area contributed by atoms with Gasteiger partial charge in [-0.3, -0.25) is 4.79 Å². The van der Waals surface area contributed by atoms with E-state index in [1.165, 1.54) is 9.87 Å². The summed E-state index contributed by atoms with van der Waals surface area (Å²) in [5, 5.41) is 0.809. The van der Waals surface area contributed by atoms with Gasteiger partial charge in [-0.25, -0.2) is 12.7 Å². The van der Waals surface area contributed by atoms with Gasteiger partial charge in [0.1, 0.15) is 0 Å². The van der Waals surface area contributed by atoms with E-state index >= 15 is 0 Å². The van der Waals surface area contributed by atoms with E-state index in [0.717, 1.165) is 5.56 Å². The van der Waals surface area contributed by atoms with Crippen molar-refractivity contribution in [3.05, 3.63) is 69.2 Å². The van der Waals surface area contributed by atoms with Gasteiger partial charge in [-0.05, 0) is 43.0 Å². The van der Waals surface area contributed by atoms with Gasteiger partial charge in [0.2, 0.25) is 15.9 Å². The maximum atomic E-state index is 12.8. The van der Waals surface area contributed by atoms with Crippen LogP contribution in [0.3, 0.4) is 0 Å². The quantitative estimate of drug-likeness (QED) is 0.626. The molecular formula is C22H26Cl2N2O3S. The number of nitrogens with zero attached hydrogens (tertiary/aromatic N) is 2. The fourth-order valence-electron chi connectivity index (χ4n) is 3.66. The van der Waals surface area contributed by atoms with Gasteiger partial charge >= 0.3 is 0 Å². The van der Waals surface area contributed by atoms with E-state index in [1.54, 1.807) is 30.1 Å². The number of halogens is 2. The molecule has 2 aromatic rings. The highest BCUT2D eigenvalue weighted by molar-refractivity contribution is 7.88. The maximum Gasteiger partial charge on any atom is 0.225 e. The fraction of sp³-hybridized carbons (Fsp3) is 0.409. The highest BCUT2D eigenvalue weighted by Crippen LogP contribution is 2.27. The number of piperidine rings is 1. The van der Waals surface area contributed by atoms with E-state index in [-0.39, 0.29) is 17.6 Å². The summed E-state index contributed by atoms with van der Waals surface area (Å²) in [4.78, 5) is 14.6. The lowest BCUT2D eigenvalue weighted by Gasteiger charge is -2.32. The van der Waals surface area contributed by atoms with Gasteiger partial charge in [0.05, 0.1) is 5.75 Å². The molecule has 1 amide bonds. The molecule has 3 rings (SSSR count). The molecule has 8 heteroatoms. The zero-order chi connectivity index (χ0) is 21.9. The van der Waals surface area contributed by atoms with Crippen molar-refractivity contribution in [2.24, 2.45) is 5.92 Å². The van der Waals surface area contributed by atoms with E-state index in [0.29, 0.717) is 48.1 Å². The van der Waals surface area contributed by atoms with Gasteiger partial charge in [-0.2, -0.15) is 0 Å². The molecule has 30 heavy (non-hydrogen) atoms. The maximum absolute atomic E-state index is 12.8. The first-order chi connectivity index (χ1) is 14.2. The number of sulfonamides is 1. The van der Waals surface area contributed by atoms with E-state index in [9.17, 15) is 13.2 Å². The van der Waals surface area contributed by atoms with E-state index < -0.39 is 10.0 Å². The Morgan fingerprint density at radius 2 is 1.73 bits per heavy atom. The Morgan fingerprint density at radius 1 is 1.10 bits per heavy atom. The zero-order valence-corrected chi connectivity index (χ0v) is 19.5. The summed E-state index contributed by atoms with van der Waals surface area (Å²) in [5.74, 6) is -0.269. The van der Waals surface area contributed by atoms with Crippen molar-refractivity contribution in [3.63, 3.8) is 0 Å². The fourth-order valence-corrected chi connectivity index (χ4v) is 5.81. The molecule has 0 bridgehead atoms. The van der Waals surface area contributed by atoms with Crippen LogP contribution in [0.25, 0.3) is 0 Å². The first-order valence-electron chi connectivity index (χ1n) is 9.88. The molecule has 0 unspecified atom stereocenters. The highest BCUT2D eigenvalue weighted by Gasteiger charge is 2.32. The van der Waals surface area contributed by atoms with Gasteiger partial charge in [0.15, 0.2) is 0 Å². The number of hydrogen-bond acceptors (Lipinski definition) is 3. The lowest BCUT2D eigenvalue weighted by atomic mass is 9.96. The molecule has 1 aliphatic heterocycles. The van der Waals surface area contributed by atoms with Crippen LogP contribution in [-0.2, 0) is 27.1 Å². The van der Waals surface area contributed by atoms with E-state index in [1.807, 2.05) is 31.2 Å². The Morgan fingerprint density at radius 3 is 2.33 bits per heavy atom. The van der Waals surface area contributed by atoms with Crippen LogP contribution in [0.1, 0.15) is 29.5 Å². The zero-order valence-electron chi connectivity index (χ0n) is 17.1. The molecule has 2 aromatic carbocycles. The van der Waals surface area contributed by atoms with Crippen molar-refractivity contribution in [2.75, 3.05) is 20.1 Å². The lowest BCUT2D eigenvalue weighted by Crippen LogP contribution is -2.43. The Bertz CT molecular complexity index is 1000. The van der Waals surface area contributed by atoms with Gasteiger partial charge in [-0.15, -0.1) is 0 Å². The number of rotatable bonds is 6. The Kier molecular flexibility index (Phi) is 7.45. The third-order valence-corrected chi connectivity index (χ3v) is 7.88. The lowest BCUT2D eigenvalue weighted by molar-refractivity contribution is -0.135. The molecule has 0 radical (unpaired) electrons. The first-order valence-corrected chi connectivity index (χ1v) is 12.2. The third-order valence-electron chi connectivity index (χ3n) is 5.47. The normalized spacial score (nSPS) is 15.9. The van der Waals surface area contributed by atoms with Crippen molar-refractivity contribution in [1.29, 1.82) is 0 Å². The number of carbonyl (C=O) groups excluding carboxylic acids is 1. The van der Waals surface area contributed by atoms with Crippen LogP contribution in [0.5, 0.6) is 0 Å². The third kappa shape index (κ3) is 5.76. The first kappa shape index (κ1) is 23.1. The molecule has 0 aliphatic carbocycles. The van der Waals surface area contributed by atoms with Crippen LogP contribution in [0, 0.1) is 12.8 Å². The Hall–Kier alpha value is -1.60. The molecule has 1 aliphatic rings. The smallest absolute Gasteiger partial charge is 0.225 e. The van der Waals surface area contributed by atoms with Crippen LogP contribution < -0.4 is 0 Å². The Labute approximate surface area is 188 Å². The monoisotopic (exact) mass is 468 g/mol. The molecule has 1 saturated heterocycles. The highest BCUT2D eigenvalue weighted by atomic mass is 35.5. The summed E-state index contributed by atoms with van der Waals surface area (Å²) in [5.41, 5.74) is 2.79.